The zero-order valence-electron chi connectivity index (χ0n) is 15.8. The molecule has 0 N–H and O–H groups in total. The molecule has 0 aliphatic heterocycles. The minimum Gasteiger partial charge on any atom is -0.274 e. The highest BCUT2D eigenvalue weighted by Crippen LogP contribution is 2.29. The summed E-state index contributed by atoms with van der Waals surface area (Å²) in [7, 11) is 0. The summed E-state index contributed by atoms with van der Waals surface area (Å²) in [6.45, 7) is 0. The third-order valence-corrected chi connectivity index (χ3v) is 6.22. The highest BCUT2D eigenvalue weighted by molar-refractivity contribution is 7.98. The predicted molar refractivity (Wildman–Crippen MR) is 117 cm³/mol. The number of hydrogen-bond donors (Lipinski definition) is 0. The highest BCUT2D eigenvalue weighted by Gasteiger charge is 2.17. The molecular formula is C22H14Cl2F3N3S. The zero-order valence-corrected chi connectivity index (χ0v) is 18.2. The van der Waals surface area contributed by atoms with Crippen LogP contribution < -0.4 is 0 Å². The van der Waals surface area contributed by atoms with E-state index < -0.39 is 11.6 Å². The van der Waals surface area contributed by atoms with Crippen molar-refractivity contribution >= 4 is 35.0 Å². The Balaban J connectivity index is 1.67. The summed E-state index contributed by atoms with van der Waals surface area (Å²) in [4.78, 5) is 0. The highest BCUT2D eigenvalue weighted by atomic mass is 35.5. The van der Waals surface area contributed by atoms with Crippen molar-refractivity contribution in [1.29, 1.82) is 0 Å². The van der Waals surface area contributed by atoms with Crippen molar-refractivity contribution in [3.05, 3.63) is 105 Å². The maximum Gasteiger partial charge on any atom is 0.196 e. The van der Waals surface area contributed by atoms with Gasteiger partial charge in [-0.05, 0) is 53.6 Å². The lowest BCUT2D eigenvalue weighted by Gasteiger charge is -2.11. The minimum atomic E-state index is -0.635. The fraction of sp³-hybridized carbons (Fsp3) is 0.0909. The van der Waals surface area contributed by atoms with Gasteiger partial charge in [-0.1, -0.05) is 47.1 Å². The Morgan fingerprint density at radius 3 is 2.26 bits per heavy atom. The molecule has 0 aliphatic rings. The Morgan fingerprint density at radius 2 is 1.55 bits per heavy atom. The van der Waals surface area contributed by atoms with E-state index >= 15 is 0 Å². The lowest BCUT2D eigenvalue weighted by molar-refractivity contribution is 0.576. The van der Waals surface area contributed by atoms with Crippen molar-refractivity contribution in [1.82, 2.24) is 14.8 Å². The van der Waals surface area contributed by atoms with Gasteiger partial charge in [0.15, 0.2) is 5.16 Å². The van der Waals surface area contributed by atoms with Crippen LogP contribution in [0.2, 0.25) is 10.0 Å². The summed E-state index contributed by atoms with van der Waals surface area (Å²) in [5.41, 5.74) is 1.86. The van der Waals surface area contributed by atoms with Gasteiger partial charge in [-0.15, -0.1) is 10.2 Å². The summed E-state index contributed by atoms with van der Waals surface area (Å²) >= 11 is 13.4. The molecule has 0 unspecified atom stereocenters. The average molecular weight is 480 g/mol. The van der Waals surface area contributed by atoms with Gasteiger partial charge in [-0.3, -0.25) is 4.57 Å². The summed E-state index contributed by atoms with van der Waals surface area (Å²) in [5.74, 6) is -0.823. The first-order chi connectivity index (χ1) is 14.9. The van der Waals surface area contributed by atoms with Crippen LogP contribution in [0.4, 0.5) is 13.2 Å². The first-order valence-electron chi connectivity index (χ1n) is 9.11. The summed E-state index contributed by atoms with van der Waals surface area (Å²) in [6.07, 6.45) is 0.396. The van der Waals surface area contributed by atoms with E-state index in [4.69, 9.17) is 23.2 Å². The molecule has 4 rings (SSSR count). The van der Waals surface area contributed by atoms with E-state index in [1.807, 2.05) is 6.07 Å². The topological polar surface area (TPSA) is 30.7 Å². The van der Waals surface area contributed by atoms with Gasteiger partial charge in [0, 0.05) is 23.9 Å². The first kappa shape index (κ1) is 21.7. The molecule has 0 saturated carbocycles. The number of nitrogens with zero attached hydrogens (tertiary/aromatic N) is 3. The number of thioether (sulfide) groups is 1. The smallest absolute Gasteiger partial charge is 0.196 e. The quantitative estimate of drug-likeness (QED) is 0.282. The second kappa shape index (κ2) is 9.34. The second-order valence-corrected chi connectivity index (χ2v) is 8.42. The molecule has 0 radical (unpaired) electrons. The number of rotatable bonds is 6. The maximum atomic E-state index is 14.0. The molecule has 0 atom stereocenters. The fourth-order valence-electron chi connectivity index (χ4n) is 2.97. The molecule has 4 aromatic rings. The average Bonchev–Trinajstić information content (AvgIpc) is 3.13. The monoisotopic (exact) mass is 479 g/mol. The Bertz CT molecular complexity index is 1230. The Kier molecular flexibility index (Phi) is 6.55. The Labute approximate surface area is 190 Å². The lowest BCUT2D eigenvalue weighted by atomic mass is 10.1. The fourth-order valence-corrected chi connectivity index (χ4v) is 4.25. The number of hydrogen-bond acceptors (Lipinski definition) is 3. The molecule has 3 aromatic carbocycles. The Morgan fingerprint density at radius 1 is 0.806 bits per heavy atom. The molecule has 0 spiro atoms. The molecule has 1 heterocycles. The molecule has 1 aromatic heterocycles. The molecule has 158 valence electrons. The van der Waals surface area contributed by atoms with E-state index in [0.29, 0.717) is 38.7 Å². The molecule has 31 heavy (non-hydrogen) atoms. The van der Waals surface area contributed by atoms with Crippen molar-refractivity contribution in [2.75, 3.05) is 0 Å². The molecule has 0 bridgehead atoms. The largest absolute Gasteiger partial charge is 0.274 e. The van der Waals surface area contributed by atoms with Crippen LogP contribution in [0.5, 0.6) is 0 Å². The third-order valence-electron chi connectivity index (χ3n) is 4.50. The molecule has 0 fully saturated rings. The van der Waals surface area contributed by atoms with Crippen LogP contribution in [0.3, 0.4) is 0 Å². The van der Waals surface area contributed by atoms with Crippen molar-refractivity contribution in [2.45, 2.75) is 17.3 Å². The second-order valence-electron chi connectivity index (χ2n) is 6.66. The van der Waals surface area contributed by atoms with Crippen LogP contribution in [0, 0.1) is 17.5 Å². The van der Waals surface area contributed by atoms with Crippen LogP contribution in [0.1, 0.15) is 17.0 Å². The van der Waals surface area contributed by atoms with Gasteiger partial charge in [-0.2, -0.15) is 0 Å². The van der Waals surface area contributed by atoms with Crippen molar-refractivity contribution < 1.29 is 13.2 Å². The number of halogens is 5. The van der Waals surface area contributed by atoms with Gasteiger partial charge in [0.25, 0.3) is 0 Å². The van der Waals surface area contributed by atoms with E-state index in [9.17, 15) is 13.2 Å². The molecular weight excluding hydrogens is 466 g/mol. The normalized spacial score (nSPS) is 11.1. The van der Waals surface area contributed by atoms with Gasteiger partial charge >= 0.3 is 0 Å². The Hall–Kier alpha value is -2.48. The molecule has 9 heteroatoms. The molecule has 0 aliphatic carbocycles. The summed E-state index contributed by atoms with van der Waals surface area (Å²) in [6, 6.07) is 14.6. The van der Waals surface area contributed by atoms with Crippen LogP contribution in [0.15, 0.2) is 65.8 Å². The SMILES string of the molecule is Fc1ccc(-n2c(Cc3ccc(Cl)c(Cl)c3)nnc2SCc2ccc(F)cc2F)cc1. The summed E-state index contributed by atoms with van der Waals surface area (Å²) < 4.78 is 42.4. The van der Waals surface area contributed by atoms with Crippen molar-refractivity contribution in [3.63, 3.8) is 0 Å². The van der Waals surface area contributed by atoms with E-state index in [-0.39, 0.29) is 11.6 Å². The van der Waals surface area contributed by atoms with Crippen molar-refractivity contribution in [3.8, 4) is 5.69 Å². The maximum absolute atomic E-state index is 14.0. The lowest BCUT2D eigenvalue weighted by Crippen LogP contribution is -2.04. The van der Waals surface area contributed by atoms with Gasteiger partial charge in [0.05, 0.1) is 10.0 Å². The molecule has 0 amide bonds. The molecule has 3 nitrogen and oxygen atoms in total. The molecule has 0 saturated heterocycles. The predicted octanol–water partition coefficient (Wildman–Crippen LogP) is 6.87. The summed E-state index contributed by atoms with van der Waals surface area (Å²) in [5, 5.41) is 9.88. The van der Waals surface area contributed by atoms with E-state index in [1.165, 1.54) is 36.0 Å². The van der Waals surface area contributed by atoms with E-state index in [0.717, 1.165) is 11.6 Å². The third kappa shape index (κ3) is 5.06. The first-order valence-corrected chi connectivity index (χ1v) is 10.9. The van der Waals surface area contributed by atoms with Gasteiger partial charge < -0.3 is 0 Å². The van der Waals surface area contributed by atoms with Gasteiger partial charge in [-0.25, -0.2) is 13.2 Å². The van der Waals surface area contributed by atoms with E-state index in [2.05, 4.69) is 10.2 Å². The van der Waals surface area contributed by atoms with Crippen LogP contribution in [-0.4, -0.2) is 14.8 Å². The van der Waals surface area contributed by atoms with Gasteiger partial charge in [0.2, 0.25) is 0 Å². The zero-order chi connectivity index (χ0) is 22.0. The van der Waals surface area contributed by atoms with Gasteiger partial charge in [0.1, 0.15) is 23.3 Å². The van der Waals surface area contributed by atoms with Crippen molar-refractivity contribution in [2.24, 2.45) is 0 Å². The number of aromatic nitrogens is 3. The van der Waals surface area contributed by atoms with Crippen LogP contribution in [-0.2, 0) is 12.2 Å². The number of benzene rings is 3. The standard InChI is InChI=1S/C22H14Cl2F3N3S/c23-18-8-1-13(9-19(18)24)10-21-28-29-22(30(21)17-6-4-15(25)5-7-17)31-12-14-2-3-16(26)11-20(14)27/h1-9,11H,10,12H2. The van der Waals surface area contributed by atoms with Crippen LogP contribution in [0.25, 0.3) is 5.69 Å². The van der Waals surface area contributed by atoms with E-state index in [1.54, 1.807) is 28.8 Å². The van der Waals surface area contributed by atoms with Crippen LogP contribution >= 0.6 is 35.0 Å². The minimum absolute atomic E-state index is 0.220.